The first-order valence-electron chi connectivity index (χ1n) is 8.89. The Morgan fingerprint density at radius 2 is 1.92 bits per heavy atom. The monoisotopic (exact) mass is 329 g/mol. The van der Waals surface area contributed by atoms with Gasteiger partial charge >= 0.3 is 0 Å². The van der Waals surface area contributed by atoms with Gasteiger partial charge in [-0.1, -0.05) is 44.2 Å². The molecule has 5 nitrogen and oxygen atoms in total. The van der Waals surface area contributed by atoms with E-state index in [1.54, 1.807) is 0 Å². The van der Waals surface area contributed by atoms with Crippen LogP contribution in [0, 0.1) is 5.92 Å². The Balaban J connectivity index is 1.57. The summed E-state index contributed by atoms with van der Waals surface area (Å²) < 4.78 is 0. The predicted molar refractivity (Wildman–Crippen MR) is 93.2 cm³/mol. The second kappa shape index (κ2) is 6.93. The van der Waals surface area contributed by atoms with E-state index in [2.05, 4.69) is 24.5 Å². The van der Waals surface area contributed by atoms with Crippen molar-refractivity contribution in [3.8, 4) is 0 Å². The zero-order chi connectivity index (χ0) is 17.2. The van der Waals surface area contributed by atoms with E-state index in [0.717, 1.165) is 18.4 Å². The number of amides is 2. The Hall–Kier alpha value is -1.88. The number of hydrogen-bond acceptors (Lipinski definition) is 3. The summed E-state index contributed by atoms with van der Waals surface area (Å²) in [5.41, 5.74) is 0.817. The molecule has 5 heteroatoms. The van der Waals surface area contributed by atoms with Crippen molar-refractivity contribution in [1.82, 2.24) is 15.5 Å². The second-order valence-corrected chi connectivity index (χ2v) is 7.44. The first-order valence-corrected chi connectivity index (χ1v) is 8.89. The summed E-state index contributed by atoms with van der Waals surface area (Å²) in [6, 6.07) is 9.88. The summed E-state index contributed by atoms with van der Waals surface area (Å²) in [6.07, 6.45) is 2.84. The minimum atomic E-state index is -0.342. The Labute approximate surface area is 143 Å². The van der Waals surface area contributed by atoms with Crippen LogP contribution in [0.5, 0.6) is 0 Å². The summed E-state index contributed by atoms with van der Waals surface area (Å²) in [7, 11) is 0. The van der Waals surface area contributed by atoms with Gasteiger partial charge in [-0.25, -0.2) is 0 Å². The van der Waals surface area contributed by atoms with Gasteiger partial charge in [-0.15, -0.1) is 0 Å². The van der Waals surface area contributed by atoms with Crippen LogP contribution in [0.3, 0.4) is 0 Å². The molecule has 2 aliphatic rings. The normalized spacial score (nSPS) is 22.9. The number of nitrogens with one attached hydrogen (secondary N) is 2. The van der Waals surface area contributed by atoms with Crippen molar-refractivity contribution in [1.29, 1.82) is 0 Å². The van der Waals surface area contributed by atoms with Crippen LogP contribution in [0.25, 0.3) is 0 Å². The largest absolute Gasteiger partial charge is 0.342 e. The van der Waals surface area contributed by atoms with Gasteiger partial charge in [-0.05, 0) is 17.9 Å². The number of benzene rings is 1. The molecule has 0 aromatic heterocycles. The lowest BCUT2D eigenvalue weighted by atomic mass is 9.96. The van der Waals surface area contributed by atoms with E-state index >= 15 is 0 Å². The van der Waals surface area contributed by atoms with Crippen LogP contribution in [0.2, 0.25) is 0 Å². The van der Waals surface area contributed by atoms with Gasteiger partial charge in [0.1, 0.15) is 0 Å². The van der Waals surface area contributed by atoms with Crippen molar-refractivity contribution in [2.75, 3.05) is 13.1 Å². The maximum atomic E-state index is 12.4. The Morgan fingerprint density at radius 1 is 1.25 bits per heavy atom. The van der Waals surface area contributed by atoms with Crippen molar-refractivity contribution >= 4 is 11.8 Å². The lowest BCUT2D eigenvalue weighted by Gasteiger charge is -2.39. The molecule has 1 unspecified atom stereocenters. The third kappa shape index (κ3) is 3.78. The minimum absolute atomic E-state index is 0.0702. The fourth-order valence-corrected chi connectivity index (χ4v) is 3.64. The van der Waals surface area contributed by atoms with Gasteiger partial charge in [-0.2, -0.15) is 0 Å². The van der Waals surface area contributed by atoms with Gasteiger partial charge < -0.3 is 10.2 Å². The van der Waals surface area contributed by atoms with Crippen LogP contribution >= 0.6 is 0 Å². The lowest BCUT2D eigenvalue weighted by Crippen LogP contribution is -2.58. The molecule has 2 saturated heterocycles. The van der Waals surface area contributed by atoms with Gasteiger partial charge in [0.25, 0.3) is 0 Å². The molecule has 2 amide bonds. The smallest absolute Gasteiger partial charge is 0.238 e. The molecular weight excluding hydrogens is 302 g/mol. The highest BCUT2D eigenvalue weighted by Gasteiger charge is 2.45. The second-order valence-electron chi connectivity index (χ2n) is 7.44. The molecule has 2 aliphatic heterocycles. The van der Waals surface area contributed by atoms with E-state index in [9.17, 15) is 9.59 Å². The summed E-state index contributed by atoms with van der Waals surface area (Å²) in [6.45, 7) is 5.54. The molecule has 1 aromatic carbocycles. The summed E-state index contributed by atoms with van der Waals surface area (Å²) in [5.74, 6) is 0.679. The van der Waals surface area contributed by atoms with Gasteiger partial charge in [0.05, 0.1) is 11.7 Å². The summed E-state index contributed by atoms with van der Waals surface area (Å²) in [4.78, 5) is 26.5. The van der Waals surface area contributed by atoms with Crippen molar-refractivity contribution in [2.24, 2.45) is 5.92 Å². The van der Waals surface area contributed by atoms with Gasteiger partial charge in [-0.3, -0.25) is 14.9 Å². The maximum Gasteiger partial charge on any atom is 0.238 e. The van der Waals surface area contributed by atoms with Crippen LogP contribution in [0.15, 0.2) is 30.3 Å². The molecule has 1 aromatic rings. The quantitative estimate of drug-likeness (QED) is 0.883. The van der Waals surface area contributed by atoms with Crippen molar-refractivity contribution < 1.29 is 9.59 Å². The third-order valence-corrected chi connectivity index (χ3v) is 4.96. The number of nitrogens with zero attached hydrogens (tertiary/aromatic N) is 1. The number of carbonyl (C=O) groups is 2. The van der Waals surface area contributed by atoms with Crippen LogP contribution in [-0.2, 0) is 16.0 Å². The maximum absolute atomic E-state index is 12.4. The van der Waals surface area contributed by atoms with Gasteiger partial charge in [0.15, 0.2) is 0 Å². The highest BCUT2D eigenvalue weighted by molar-refractivity contribution is 5.85. The van der Waals surface area contributed by atoms with E-state index in [1.165, 1.54) is 0 Å². The zero-order valence-corrected chi connectivity index (χ0v) is 14.5. The number of likely N-dealkylation sites (tertiary alicyclic amines) is 1. The molecule has 2 N–H and O–H groups in total. The Bertz CT molecular complexity index is 592. The van der Waals surface area contributed by atoms with E-state index in [1.807, 2.05) is 35.2 Å². The van der Waals surface area contributed by atoms with E-state index < -0.39 is 0 Å². The highest BCUT2D eigenvalue weighted by atomic mass is 16.2. The molecular formula is C19H27N3O2. The standard InChI is InChI=1S/C19H27N3O2/c1-14(2)12-17(23)22-10-8-19(9-11-22)20-16(18(24)21-19)13-15-6-4-3-5-7-15/h3-7,14,16,20H,8-13H2,1-2H3,(H,21,24). The highest BCUT2D eigenvalue weighted by Crippen LogP contribution is 2.26. The minimum Gasteiger partial charge on any atom is -0.342 e. The number of hydrogen-bond donors (Lipinski definition) is 2. The van der Waals surface area contributed by atoms with Gasteiger partial charge in [0, 0.05) is 32.4 Å². The molecule has 24 heavy (non-hydrogen) atoms. The fraction of sp³-hybridized carbons (Fsp3) is 0.579. The van der Waals surface area contributed by atoms with Crippen LogP contribution in [0.1, 0.15) is 38.7 Å². The first-order chi connectivity index (χ1) is 11.5. The van der Waals surface area contributed by atoms with Crippen LogP contribution in [-0.4, -0.2) is 41.5 Å². The first kappa shape index (κ1) is 17.0. The zero-order valence-electron chi connectivity index (χ0n) is 14.5. The van der Waals surface area contributed by atoms with Crippen molar-refractivity contribution in [3.05, 3.63) is 35.9 Å². The van der Waals surface area contributed by atoms with Gasteiger partial charge in [0.2, 0.25) is 11.8 Å². The fourth-order valence-electron chi connectivity index (χ4n) is 3.64. The molecule has 0 radical (unpaired) electrons. The van der Waals surface area contributed by atoms with E-state index in [4.69, 9.17) is 0 Å². The molecule has 1 atom stereocenters. The Kier molecular flexibility index (Phi) is 4.90. The SMILES string of the molecule is CC(C)CC(=O)N1CCC2(CC1)NC(=O)C(Cc1ccccc1)N2. The molecule has 0 aliphatic carbocycles. The summed E-state index contributed by atoms with van der Waals surface area (Å²) in [5, 5.41) is 6.66. The number of piperidine rings is 1. The average Bonchev–Trinajstić information content (AvgIpc) is 2.83. The van der Waals surface area contributed by atoms with E-state index in [0.29, 0.717) is 31.8 Å². The molecule has 2 fully saturated rings. The summed E-state index contributed by atoms with van der Waals surface area (Å²) >= 11 is 0. The van der Waals surface area contributed by atoms with Crippen molar-refractivity contribution in [2.45, 2.75) is 51.2 Å². The predicted octanol–water partition coefficient (Wildman–Crippen LogP) is 1.68. The Morgan fingerprint density at radius 3 is 2.54 bits per heavy atom. The van der Waals surface area contributed by atoms with Crippen LogP contribution < -0.4 is 10.6 Å². The molecule has 3 rings (SSSR count). The molecule has 2 heterocycles. The average molecular weight is 329 g/mol. The molecule has 0 saturated carbocycles. The number of carbonyl (C=O) groups excluding carboxylic acids is 2. The molecule has 130 valence electrons. The lowest BCUT2D eigenvalue weighted by molar-refractivity contribution is -0.133. The van der Waals surface area contributed by atoms with E-state index in [-0.39, 0.29) is 23.5 Å². The van der Waals surface area contributed by atoms with Crippen molar-refractivity contribution in [3.63, 3.8) is 0 Å². The molecule has 1 spiro atoms. The topological polar surface area (TPSA) is 61.4 Å². The third-order valence-electron chi connectivity index (χ3n) is 4.96. The molecule has 0 bridgehead atoms. The van der Waals surface area contributed by atoms with Crippen LogP contribution in [0.4, 0.5) is 0 Å². The number of rotatable bonds is 4.